The molecule has 2 heterocycles. The van der Waals surface area contributed by atoms with Crippen LogP contribution in [0.4, 0.5) is 4.79 Å². The predicted octanol–water partition coefficient (Wildman–Crippen LogP) is 2.31. The van der Waals surface area contributed by atoms with Crippen molar-refractivity contribution in [3.8, 4) is 5.75 Å². The van der Waals surface area contributed by atoms with Gasteiger partial charge in [-0.3, -0.25) is 4.90 Å². The number of hydrogen-bond acceptors (Lipinski definition) is 6. The van der Waals surface area contributed by atoms with E-state index in [4.69, 9.17) is 9.47 Å². The second-order valence-corrected chi connectivity index (χ2v) is 9.71. The third-order valence-electron chi connectivity index (χ3n) is 5.99. The Balaban J connectivity index is 1.48. The normalized spacial score (nSPS) is 21.4. The lowest BCUT2D eigenvalue weighted by Crippen LogP contribution is -2.50. The summed E-state index contributed by atoms with van der Waals surface area (Å²) in [6.45, 7) is 6.01. The molecule has 1 atom stereocenters. The van der Waals surface area contributed by atoms with Crippen LogP contribution >= 0.6 is 0 Å². The van der Waals surface area contributed by atoms with Gasteiger partial charge in [0, 0.05) is 32.2 Å². The number of carbonyl (C=O) groups is 1. The minimum absolute atomic E-state index is 0.222. The number of nitrogens with zero attached hydrogens (tertiary/aromatic N) is 2. The summed E-state index contributed by atoms with van der Waals surface area (Å²) in [5.74, 6) is 0.917. The molecule has 2 aliphatic heterocycles. The topological polar surface area (TPSA) is 88.2 Å². The highest BCUT2D eigenvalue weighted by Crippen LogP contribution is 2.24. The first-order chi connectivity index (χ1) is 14.4. The van der Waals surface area contributed by atoms with Gasteiger partial charge in [-0.1, -0.05) is 0 Å². The molecule has 0 aromatic heterocycles. The molecule has 1 amide bonds. The van der Waals surface area contributed by atoms with Gasteiger partial charge in [0.15, 0.2) is 0 Å². The van der Waals surface area contributed by atoms with Crippen molar-refractivity contribution in [3.05, 3.63) is 24.3 Å². The van der Waals surface area contributed by atoms with Crippen molar-refractivity contribution in [1.82, 2.24) is 14.5 Å². The zero-order valence-electron chi connectivity index (χ0n) is 17.9. The molecule has 0 spiro atoms. The molecule has 2 saturated heterocycles. The van der Waals surface area contributed by atoms with Crippen molar-refractivity contribution >= 4 is 16.1 Å². The molecule has 1 aromatic rings. The number of sulfonamides is 1. The minimum atomic E-state index is -3.53. The average Bonchev–Trinajstić information content (AvgIpc) is 2.78. The summed E-state index contributed by atoms with van der Waals surface area (Å²) in [5, 5.41) is 0. The van der Waals surface area contributed by atoms with E-state index in [0.717, 1.165) is 51.9 Å². The van der Waals surface area contributed by atoms with Gasteiger partial charge in [0.05, 0.1) is 18.6 Å². The van der Waals surface area contributed by atoms with Crippen LogP contribution in [-0.2, 0) is 14.8 Å². The average molecular weight is 440 g/mol. The Morgan fingerprint density at radius 1 is 1.13 bits per heavy atom. The van der Waals surface area contributed by atoms with Crippen molar-refractivity contribution in [3.63, 3.8) is 0 Å². The Morgan fingerprint density at radius 3 is 2.47 bits per heavy atom. The summed E-state index contributed by atoms with van der Waals surface area (Å²) in [6.07, 6.45) is 3.73. The highest BCUT2D eigenvalue weighted by molar-refractivity contribution is 7.89. The van der Waals surface area contributed by atoms with E-state index in [1.807, 2.05) is 6.92 Å². The standard InChI is InChI=1S/C21H33N3O5S/c1-3-29-21(25)23-13-10-18(11-14-23)24-12-4-5-17(16-24)15-22-30(26,27)20-8-6-19(28-2)7-9-20/h6-9,17-18,22H,3-5,10-16H2,1-2H3. The minimum Gasteiger partial charge on any atom is -0.497 e. The largest absolute Gasteiger partial charge is 0.497 e. The van der Waals surface area contributed by atoms with E-state index in [9.17, 15) is 13.2 Å². The summed E-state index contributed by atoms with van der Waals surface area (Å²) in [6, 6.07) is 6.87. The smallest absolute Gasteiger partial charge is 0.409 e. The predicted molar refractivity (Wildman–Crippen MR) is 114 cm³/mol. The van der Waals surface area contributed by atoms with E-state index < -0.39 is 10.0 Å². The molecule has 3 rings (SSSR count). The van der Waals surface area contributed by atoms with Crippen molar-refractivity contribution < 1.29 is 22.7 Å². The fraction of sp³-hybridized carbons (Fsp3) is 0.667. The van der Waals surface area contributed by atoms with Gasteiger partial charge in [-0.2, -0.15) is 0 Å². The van der Waals surface area contributed by atoms with Gasteiger partial charge in [-0.05, 0) is 69.3 Å². The van der Waals surface area contributed by atoms with Gasteiger partial charge in [-0.15, -0.1) is 0 Å². The molecule has 2 fully saturated rings. The fourth-order valence-corrected chi connectivity index (χ4v) is 5.41. The fourth-order valence-electron chi connectivity index (χ4n) is 4.29. The molecule has 9 heteroatoms. The molecule has 1 aromatic carbocycles. The Kier molecular flexibility index (Phi) is 7.96. The molecule has 8 nitrogen and oxygen atoms in total. The van der Waals surface area contributed by atoms with Gasteiger partial charge in [0.25, 0.3) is 0 Å². The van der Waals surface area contributed by atoms with Crippen LogP contribution in [0.15, 0.2) is 29.2 Å². The third kappa shape index (κ3) is 5.86. The number of ether oxygens (including phenoxy) is 2. The van der Waals surface area contributed by atoms with E-state index in [1.165, 1.54) is 0 Å². The number of amides is 1. The summed E-state index contributed by atoms with van der Waals surface area (Å²) in [5.41, 5.74) is 0. The molecule has 0 aliphatic carbocycles. The van der Waals surface area contributed by atoms with Gasteiger partial charge in [-0.25, -0.2) is 17.9 Å². The first kappa shape index (κ1) is 22.8. The Morgan fingerprint density at radius 2 is 1.83 bits per heavy atom. The number of piperidine rings is 2. The SMILES string of the molecule is CCOC(=O)N1CCC(N2CCCC(CNS(=O)(=O)c3ccc(OC)cc3)C2)CC1. The number of carbonyl (C=O) groups excluding carboxylic acids is 1. The van der Waals surface area contributed by atoms with Crippen LogP contribution in [0, 0.1) is 5.92 Å². The third-order valence-corrected chi connectivity index (χ3v) is 7.43. The highest BCUT2D eigenvalue weighted by atomic mass is 32.2. The number of likely N-dealkylation sites (tertiary alicyclic amines) is 2. The van der Waals surface area contributed by atoms with E-state index in [-0.39, 0.29) is 16.9 Å². The molecular weight excluding hydrogens is 406 g/mol. The second kappa shape index (κ2) is 10.5. The summed E-state index contributed by atoms with van der Waals surface area (Å²) >= 11 is 0. The van der Waals surface area contributed by atoms with E-state index >= 15 is 0 Å². The van der Waals surface area contributed by atoms with Crippen LogP contribution in [0.3, 0.4) is 0 Å². The number of nitrogens with one attached hydrogen (secondary N) is 1. The molecule has 30 heavy (non-hydrogen) atoms. The van der Waals surface area contributed by atoms with Crippen molar-refractivity contribution in [1.29, 1.82) is 0 Å². The first-order valence-corrected chi connectivity index (χ1v) is 12.2. The van der Waals surface area contributed by atoms with Crippen LogP contribution < -0.4 is 9.46 Å². The summed E-state index contributed by atoms with van der Waals surface area (Å²) in [7, 11) is -1.98. The molecule has 0 bridgehead atoms. The van der Waals surface area contributed by atoms with E-state index in [1.54, 1.807) is 36.3 Å². The van der Waals surface area contributed by atoms with Gasteiger partial charge in [0.1, 0.15) is 5.75 Å². The van der Waals surface area contributed by atoms with Crippen molar-refractivity contribution in [2.45, 2.75) is 43.5 Å². The second-order valence-electron chi connectivity index (χ2n) is 7.95. The summed E-state index contributed by atoms with van der Waals surface area (Å²) < 4.78 is 38.2. The first-order valence-electron chi connectivity index (χ1n) is 10.7. The van der Waals surface area contributed by atoms with Gasteiger partial charge >= 0.3 is 6.09 Å². The van der Waals surface area contributed by atoms with Crippen LogP contribution in [0.25, 0.3) is 0 Å². The van der Waals surface area contributed by atoms with Gasteiger partial charge < -0.3 is 14.4 Å². The lowest BCUT2D eigenvalue weighted by Gasteiger charge is -2.42. The maximum atomic E-state index is 12.6. The molecule has 0 saturated carbocycles. The molecule has 168 valence electrons. The van der Waals surface area contributed by atoms with Crippen LogP contribution in [-0.4, -0.2) is 76.8 Å². The quantitative estimate of drug-likeness (QED) is 0.701. The lowest BCUT2D eigenvalue weighted by atomic mass is 9.94. The molecule has 1 unspecified atom stereocenters. The molecule has 2 aliphatic rings. The molecule has 1 N–H and O–H groups in total. The highest BCUT2D eigenvalue weighted by Gasteiger charge is 2.31. The Labute approximate surface area is 179 Å². The molecular formula is C21H33N3O5S. The van der Waals surface area contributed by atoms with E-state index in [0.29, 0.717) is 24.9 Å². The monoisotopic (exact) mass is 439 g/mol. The maximum absolute atomic E-state index is 12.6. The van der Waals surface area contributed by atoms with Crippen LogP contribution in [0.5, 0.6) is 5.75 Å². The van der Waals surface area contributed by atoms with Crippen molar-refractivity contribution in [2.75, 3.05) is 46.4 Å². The van der Waals surface area contributed by atoms with Crippen molar-refractivity contribution in [2.24, 2.45) is 5.92 Å². The Hall–Kier alpha value is -1.84. The zero-order valence-corrected chi connectivity index (χ0v) is 18.7. The van der Waals surface area contributed by atoms with Gasteiger partial charge in [0.2, 0.25) is 10.0 Å². The summed E-state index contributed by atoms with van der Waals surface area (Å²) in [4.78, 5) is 16.4. The Bertz CT molecular complexity index is 791. The number of hydrogen-bond donors (Lipinski definition) is 1. The number of rotatable bonds is 7. The number of benzene rings is 1. The molecule has 0 radical (unpaired) electrons. The van der Waals surface area contributed by atoms with Crippen LogP contribution in [0.2, 0.25) is 0 Å². The zero-order chi connectivity index (χ0) is 21.6. The van der Waals surface area contributed by atoms with Crippen LogP contribution in [0.1, 0.15) is 32.6 Å². The van der Waals surface area contributed by atoms with E-state index in [2.05, 4.69) is 9.62 Å². The lowest BCUT2D eigenvalue weighted by molar-refractivity contribution is 0.0584. The number of methoxy groups -OCH3 is 1. The maximum Gasteiger partial charge on any atom is 0.409 e.